The molecular weight excluding hydrogens is 445 g/mol. The predicted molar refractivity (Wildman–Crippen MR) is 121 cm³/mol. The molecule has 0 atom stereocenters. The molecule has 3 aromatic rings. The van der Waals surface area contributed by atoms with E-state index in [0.29, 0.717) is 45.4 Å². The molecule has 0 spiro atoms. The summed E-state index contributed by atoms with van der Waals surface area (Å²) in [4.78, 5) is 15.8. The number of halogens is 2. The third kappa shape index (κ3) is 6.73. The average Bonchev–Trinajstić information content (AvgIpc) is 3.16. The number of ether oxygens (including phenoxy) is 2. The van der Waals surface area contributed by atoms with E-state index in [-0.39, 0.29) is 12.4 Å². The third-order valence-electron chi connectivity index (χ3n) is 3.83. The first kappa shape index (κ1) is 22.1. The number of benzene rings is 2. The number of carbonyl (C=O) groups is 1. The lowest BCUT2D eigenvalue weighted by Gasteiger charge is -2.09. The Morgan fingerprint density at radius 3 is 2.73 bits per heavy atom. The Morgan fingerprint density at radius 1 is 1.20 bits per heavy atom. The van der Waals surface area contributed by atoms with Gasteiger partial charge < -0.3 is 9.47 Å². The highest BCUT2D eigenvalue weighted by atomic mass is 35.5. The number of aromatic nitrogens is 1. The lowest BCUT2D eigenvalue weighted by atomic mass is 10.2. The minimum atomic E-state index is -0.306. The molecular formula is C21H19Cl2N3O3S. The van der Waals surface area contributed by atoms with Crippen LogP contribution in [0.1, 0.15) is 23.7 Å². The molecule has 3 rings (SSSR count). The fourth-order valence-electron chi connectivity index (χ4n) is 2.45. The van der Waals surface area contributed by atoms with Gasteiger partial charge in [-0.1, -0.05) is 35.3 Å². The minimum absolute atomic E-state index is 0.132. The van der Waals surface area contributed by atoms with Crippen LogP contribution in [0.5, 0.6) is 5.75 Å². The molecule has 0 saturated carbocycles. The number of rotatable bonds is 9. The molecule has 0 aliphatic rings. The Bertz CT molecular complexity index is 1020. The summed E-state index contributed by atoms with van der Waals surface area (Å²) in [5.41, 5.74) is 5.20. The van der Waals surface area contributed by atoms with Crippen molar-refractivity contribution >= 4 is 51.9 Å². The van der Waals surface area contributed by atoms with Crippen molar-refractivity contribution in [3.05, 3.63) is 74.7 Å². The second kappa shape index (κ2) is 11.0. The molecule has 0 saturated heterocycles. The van der Waals surface area contributed by atoms with E-state index in [1.165, 1.54) is 11.3 Å². The van der Waals surface area contributed by atoms with Gasteiger partial charge in [-0.2, -0.15) is 5.10 Å². The van der Waals surface area contributed by atoms with Gasteiger partial charge in [0.1, 0.15) is 12.4 Å². The van der Waals surface area contributed by atoms with Crippen molar-refractivity contribution in [2.24, 2.45) is 5.10 Å². The summed E-state index contributed by atoms with van der Waals surface area (Å²) >= 11 is 13.4. The van der Waals surface area contributed by atoms with E-state index < -0.39 is 0 Å². The lowest BCUT2D eigenvalue weighted by Crippen LogP contribution is -2.07. The molecule has 0 unspecified atom stereocenters. The number of hydrazone groups is 1. The maximum absolute atomic E-state index is 11.5. The topological polar surface area (TPSA) is 72.8 Å². The van der Waals surface area contributed by atoms with Gasteiger partial charge in [-0.15, -0.1) is 11.3 Å². The summed E-state index contributed by atoms with van der Waals surface area (Å²) in [6, 6.07) is 12.8. The quantitative estimate of drug-likeness (QED) is 0.254. The maximum Gasteiger partial charge on any atom is 0.311 e. The molecule has 1 aromatic heterocycles. The molecule has 6 nitrogen and oxygen atoms in total. The Hall–Kier alpha value is -2.61. The number of anilines is 1. The van der Waals surface area contributed by atoms with E-state index >= 15 is 0 Å². The van der Waals surface area contributed by atoms with Crippen LogP contribution in [0.4, 0.5) is 5.13 Å². The molecule has 1 N–H and O–H groups in total. The first-order valence-corrected chi connectivity index (χ1v) is 10.7. The molecule has 0 bridgehead atoms. The first-order valence-electron chi connectivity index (χ1n) is 9.09. The number of nitrogens with one attached hydrogen (secondary N) is 1. The maximum atomic E-state index is 11.5. The Labute approximate surface area is 188 Å². The zero-order valence-electron chi connectivity index (χ0n) is 16.1. The summed E-state index contributed by atoms with van der Waals surface area (Å²) in [5, 5.41) is 7.81. The average molecular weight is 464 g/mol. The van der Waals surface area contributed by atoms with Crippen LogP contribution in [-0.2, 0) is 22.6 Å². The van der Waals surface area contributed by atoms with Gasteiger partial charge in [0.2, 0.25) is 5.13 Å². The van der Waals surface area contributed by atoms with Gasteiger partial charge in [-0.05, 0) is 42.8 Å². The Kier molecular flexibility index (Phi) is 8.07. The monoisotopic (exact) mass is 463 g/mol. The minimum Gasteiger partial charge on any atom is -0.488 e. The SMILES string of the molecule is CCOC(=O)Cc1csc(NN=Cc2cc(Cl)ccc2OCc2ccc(Cl)cc2)n1. The van der Waals surface area contributed by atoms with Gasteiger partial charge in [0, 0.05) is 21.0 Å². The van der Waals surface area contributed by atoms with E-state index in [0.717, 1.165) is 5.56 Å². The van der Waals surface area contributed by atoms with Crippen LogP contribution >= 0.6 is 34.5 Å². The van der Waals surface area contributed by atoms with Gasteiger partial charge in [-0.25, -0.2) is 4.98 Å². The molecule has 30 heavy (non-hydrogen) atoms. The molecule has 2 aromatic carbocycles. The van der Waals surface area contributed by atoms with Crippen molar-refractivity contribution in [2.45, 2.75) is 20.0 Å². The van der Waals surface area contributed by atoms with Crippen molar-refractivity contribution in [1.29, 1.82) is 0 Å². The molecule has 1 heterocycles. The van der Waals surface area contributed by atoms with Crippen molar-refractivity contribution in [3.8, 4) is 5.75 Å². The van der Waals surface area contributed by atoms with Crippen molar-refractivity contribution in [3.63, 3.8) is 0 Å². The number of thiazole rings is 1. The van der Waals surface area contributed by atoms with Gasteiger partial charge in [-0.3, -0.25) is 10.2 Å². The van der Waals surface area contributed by atoms with E-state index in [1.54, 1.807) is 36.7 Å². The van der Waals surface area contributed by atoms with Crippen molar-refractivity contribution in [1.82, 2.24) is 4.98 Å². The second-order valence-electron chi connectivity index (χ2n) is 6.09. The van der Waals surface area contributed by atoms with Crippen LogP contribution in [0.2, 0.25) is 10.0 Å². The smallest absolute Gasteiger partial charge is 0.311 e. The van der Waals surface area contributed by atoms with Crippen molar-refractivity contribution < 1.29 is 14.3 Å². The second-order valence-corrected chi connectivity index (χ2v) is 7.82. The first-order chi connectivity index (χ1) is 14.5. The molecule has 0 aliphatic heterocycles. The zero-order chi connectivity index (χ0) is 21.3. The standard InChI is InChI=1S/C21H19Cl2N3O3S/c1-2-28-20(27)10-18-13-30-21(25-18)26-24-11-15-9-17(23)7-8-19(15)29-12-14-3-5-16(22)6-4-14/h3-9,11,13H,2,10,12H2,1H3,(H,25,26). The van der Waals surface area contributed by atoms with Crippen LogP contribution in [0.25, 0.3) is 0 Å². The van der Waals surface area contributed by atoms with Gasteiger partial charge in [0.05, 0.1) is 24.9 Å². The van der Waals surface area contributed by atoms with E-state index in [9.17, 15) is 4.79 Å². The van der Waals surface area contributed by atoms with Crippen LogP contribution in [0.3, 0.4) is 0 Å². The molecule has 0 amide bonds. The molecule has 156 valence electrons. The number of esters is 1. The fraction of sp³-hybridized carbons (Fsp3) is 0.190. The molecule has 0 aliphatic carbocycles. The van der Waals surface area contributed by atoms with Crippen LogP contribution < -0.4 is 10.2 Å². The summed E-state index contributed by atoms with van der Waals surface area (Å²) < 4.78 is 10.8. The van der Waals surface area contributed by atoms with Crippen LogP contribution in [0.15, 0.2) is 52.9 Å². The summed E-state index contributed by atoms with van der Waals surface area (Å²) in [7, 11) is 0. The normalized spacial score (nSPS) is 10.9. The van der Waals surface area contributed by atoms with E-state index in [2.05, 4.69) is 15.5 Å². The predicted octanol–water partition coefficient (Wildman–Crippen LogP) is 5.58. The highest BCUT2D eigenvalue weighted by molar-refractivity contribution is 7.13. The highest BCUT2D eigenvalue weighted by Gasteiger charge is 2.08. The number of hydrogen-bond acceptors (Lipinski definition) is 7. The number of nitrogens with zero attached hydrogens (tertiary/aromatic N) is 2. The molecule has 0 fully saturated rings. The number of carbonyl (C=O) groups excluding carboxylic acids is 1. The van der Waals surface area contributed by atoms with Gasteiger partial charge >= 0.3 is 5.97 Å². The third-order valence-corrected chi connectivity index (χ3v) is 5.11. The Balaban J connectivity index is 1.62. The van der Waals surface area contributed by atoms with Gasteiger partial charge in [0.25, 0.3) is 0 Å². The Morgan fingerprint density at radius 2 is 1.97 bits per heavy atom. The zero-order valence-corrected chi connectivity index (χ0v) is 18.4. The van der Waals surface area contributed by atoms with Gasteiger partial charge in [0.15, 0.2) is 0 Å². The largest absolute Gasteiger partial charge is 0.488 e. The van der Waals surface area contributed by atoms with E-state index in [4.69, 9.17) is 32.7 Å². The molecule has 9 heteroatoms. The summed E-state index contributed by atoms with van der Waals surface area (Å²) in [5.74, 6) is 0.335. The van der Waals surface area contributed by atoms with E-state index in [1.807, 2.05) is 24.3 Å². The van der Waals surface area contributed by atoms with Crippen molar-refractivity contribution in [2.75, 3.05) is 12.0 Å². The molecule has 0 radical (unpaired) electrons. The summed E-state index contributed by atoms with van der Waals surface area (Å²) in [6.45, 7) is 2.50. The summed E-state index contributed by atoms with van der Waals surface area (Å²) in [6.07, 6.45) is 1.74. The lowest BCUT2D eigenvalue weighted by molar-refractivity contribution is -0.142. The van der Waals surface area contributed by atoms with Crippen LogP contribution in [-0.4, -0.2) is 23.8 Å². The highest BCUT2D eigenvalue weighted by Crippen LogP contribution is 2.23. The number of hydrogen-bond donors (Lipinski definition) is 1. The van der Waals surface area contributed by atoms with Crippen LogP contribution in [0, 0.1) is 0 Å². The fourth-order valence-corrected chi connectivity index (χ4v) is 3.42.